The summed E-state index contributed by atoms with van der Waals surface area (Å²) in [5.74, 6) is 0.765. The molecule has 0 spiro atoms. The van der Waals surface area contributed by atoms with Gasteiger partial charge in [-0.1, -0.05) is 23.9 Å². The van der Waals surface area contributed by atoms with Gasteiger partial charge in [0.05, 0.1) is 7.11 Å². The average molecular weight is 251 g/mol. The zero-order chi connectivity index (χ0) is 12.1. The number of hydrogen-bond donors (Lipinski definition) is 0. The van der Waals surface area contributed by atoms with Crippen molar-refractivity contribution in [1.29, 1.82) is 0 Å². The number of hydrogen-bond acceptors (Lipinski definition) is 5. The number of aromatic nitrogens is 3. The normalized spacial score (nSPS) is 10.2. The number of benzene rings is 1. The Morgan fingerprint density at radius 1 is 1.41 bits per heavy atom. The zero-order valence-electron chi connectivity index (χ0n) is 9.13. The molecule has 0 aliphatic rings. The lowest BCUT2D eigenvalue weighted by Crippen LogP contribution is -1.94. The molecular weight excluding hydrogens is 241 g/mol. The van der Waals surface area contributed by atoms with Gasteiger partial charge in [0, 0.05) is 5.75 Å². The van der Waals surface area contributed by atoms with E-state index in [2.05, 4.69) is 15.2 Å². The number of thioether (sulfide) groups is 1. The summed E-state index contributed by atoms with van der Waals surface area (Å²) in [6, 6.07) is 6.43. The Bertz CT molecular complexity index is 510. The van der Waals surface area contributed by atoms with Crippen molar-refractivity contribution in [2.24, 2.45) is 0 Å². The van der Waals surface area contributed by atoms with Gasteiger partial charge in [-0.25, -0.2) is 4.39 Å². The van der Waals surface area contributed by atoms with E-state index in [4.69, 9.17) is 4.74 Å². The number of halogens is 1. The third-order valence-corrected chi connectivity index (χ3v) is 2.89. The number of methoxy groups -OCH3 is 1. The minimum Gasteiger partial charge on any atom is -0.480 e. The lowest BCUT2D eigenvalue weighted by molar-refractivity contribution is 0.388. The maximum Gasteiger partial charge on any atom is 0.236 e. The van der Waals surface area contributed by atoms with Crippen molar-refractivity contribution < 1.29 is 9.13 Å². The van der Waals surface area contributed by atoms with Crippen LogP contribution in [0.3, 0.4) is 0 Å². The molecule has 1 aromatic heterocycles. The molecule has 0 unspecified atom stereocenters. The molecule has 0 N–H and O–H groups in total. The fourth-order valence-electron chi connectivity index (χ4n) is 1.21. The Morgan fingerprint density at radius 2 is 2.29 bits per heavy atom. The smallest absolute Gasteiger partial charge is 0.236 e. The maximum atomic E-state index is 12.9. The van der Waals surface area contributed by atoms with Crippen LogP contribution in [0.25, 0.3) is 0 Å². The predicted octanol–water partition coefficient (Wildman–Crippen LogP) is 2.31. The number of ether oxygens (including phenoxy) is 1. The van der Waals surface area contributed by atoms with E-state index in [0.29, 0.717) is 16.8 Å². The molecule has 0 radical (unpaired) electrons. The summed E-state index contributed by atoms with van der Waals surface area (Å²) in [6.07, 6.45) is 1.44. The van der Waals surface area contributed by atoms with Gasteiger partial charge in [0.25, 0.3) is 0 Å². The van der Waals surface area contributed by atoms with Crippen molar-refractivity contribution in [2.75, 3.05) is 7.11 Å². The Labute approximate surface area is 102 Å². The highest BCUT2D eigenvalue weighted by Crippen LogP contribution is 2.20. The summed E-state index contributed by atoms with van der Waals surface area (Å²) in [5, 5.41) is 8.11. The van der Waals surface area contributed by atoms with Crippen molar-refractivity contribution in [2.45, 2.75) is 10.9 Å². The van der Waals surface area contributed by atoms with Gasteiger partial charge < -0.3 is 4.74 Å². The van der Waals surface area contributed by atoms with E-state index in [1.807, 2.05) is 6.07 Å². The second-order valence-corrected chi connectivity index (χ2v) is 4.14. The third-order valence-electron chi connectivity index (χ3n) is 1.98. The average Bonchev–Trinajstić information content (AvgIpc) is 2.37. The highest BCUT2D eigenvalue weighted by molar-refractivity contribution is 7.98. The molecule has 0 aliphatic heterocycles. The minimum absolute atomic E-state index is 0.243. The van der Waals surface area contributed by atoms with Crippen molar-refractivity contribution in [3.8, 4) is 5.88 Å². The second kappa shape index (κ2) is 5.58. The molecule has 0 amide bonds. The van der Waals surface area contributed by atoms with Gasteiger partial charge in [0.15, 0.2) is 0 Å². The van der Waals surface area contributed by atoms with Crippen molar-refractivity contribution in [3.63, 3.8) is 0 Å². The van der Waals surface area contributed by atoms with E-state index in [1.165, 1.54) is 37.2 Å². The summed E-state index contributed by atoms with van der Waals surface area (Å²) in [4.78, 5) is 4.10. The van der Waals surface area contributed by atoms with E-state index in [9.17, 15) is 4.39 Å². The van der Waals surface area contributed by atoms with Gasteiger partial charge in [-0.3, -0.25) is 0 Å². The zero-order valence-corrected chi connectivity index (χ0v) is 9.95. The molecule has 88 valence electrons. The van der Waals surface area contributed by atoms with E-state index < -0.39 is 0 Å². The van der Waals surface area contributed by atoms with Crippen LogP contribution in [0.15, 0.2) is 35.6 Å². The van der Waals surface area contributed by atoms with Crippen LogP contribution in [0, 0.1) is 5.82 Å². The summed E-state index contributed by atoms with van der Waals surface area (Å²) in [6.45, 7) is 0. The third kappa shape index (κ3) is 3.39. The highest BCUT2D eigenvalue weighted by Gasteiger charge is 2.02. The van der Waals surface area contributed by atoms with Crippen molar-refractivity contribution >= 4 is 11.8 Å². The Hall–Kier alpha value is -1.69. The topological polar surface area (TPSA) is 47.9 Å². The van der Waals surface area contributed by atoms with Gasteiger partial charge in [-0.2, -0.15) is 10.1 Å². The quantitative estimate of drug-likeness (QED) is 0.780. The van der Waals surface area contributed by atoms with Gasteiger partial charge >= 0.3 is 0 Å². The van der Waals surface area contributed by atoms with Crippen LogP contribution >= 0.6 is 11.8 Å². The summed E-state index contributed by atoms with van der Waals surface area (Å²) >= 11 is 1.38. The van der Waals surface area contributed by atoms with Crippen LogP contribution in [-0.4, -0.2) is 22.3 Å². The minimum atomic E-state index is -0.243. The predicted molar refractivity (Wildman–Crippen MR) is 62.3 cm³/mol. The molecule has 4 nitrogen and oxygen atoms in total. The maximum absolute atomic E-state index is 12.9. The van der Waals surface area contributed by atoms with E-state index in [-0.39, 0.29) is 5.82 Å². The van der Waals surface area contributed by atoms with Crippen LogP contribution in [0.1, 0.15) is 5.56 Å². The monoisotopic (exact) mass is 251 g/mol. The first-order valence-electron chi connectivity index (χ1n) is 4.89. The van der Waals surface area contributed by atoms with Gasteiger partial charge in [0.1, 0.15) is 12.0 Å². The molecular formula is C11H10FN3OS. The molecule has 0 fully saturated rings. The highest BCUT2D eigenvalue weighted by atomic mass is 32.2. The van der Waals surface area contributed by atoms with Crippen LogP contribution < -0.4 is 4.74 Å². The molecule has 1 aromatic carbocycles. The van der Waals surface area contributed by atoms with E-state index in [1.54, 1.807) is 6.07 Å². The number of nitrogens with zero attached hydrogens (tertiary/aromatic N) is 3. The number of rotatable bonds is 4. The molecule has 2 rings (SSSR count). The first kappa shape index (κ1) is 11.8. The fraction of sp³-hybridized carbons (Fsp3) is 0.182. The van der Waals surface area contributed by atoms with Crippen molar-refractivity contribution in [3.05, 3.63) is 41.8 Å². The second-order valence-electron chi connectivity index (χ2n) is 3.20. The first-order valence-corrected chi connectivity index (χ1v) is 5.87. The van der Waals surface area contributed by atoms with Crippen molar-refractivity contribution in [1.82, 2.24) is 15.2 Å². The van der Waals surface area contributed by atoms with Crippen LogP contribution in [0.4, 0.5) is 4.39 Å². The van der Waals surface area contributed by atoms with E-state index >= 15 is 0 Å². The molecule has 0 saturated carbocycles. The Balaban J connectivity index is 2.02. The molecule has 2 aromatic rings. The Kier molecular flexibility index (Phi) is 3.87. The largest absolute Gasteiger partial charge is 0.480 e. The molecule has 17 heavy (non-hydrogen) atoms. The molecule has 0 aliphatic carbocycles. The van der Waals surface area contributed by atoms with Gasteiger partial charge in [0.2, 0.25) is 11.0 Å². The van der Waals surface area contributed by atoms with Gasteiger partial charge in [-0.05, 0) is 17.7 Å². The fourth-order valence-corrected chi connectivity index (χ4v) is 1.94. The van der Waals surface area contributed by atoms with Crippen LogP contribution in [0.2, 0.25) is 0 Å². The Morgan fingerprint density at radius 3 is 3.06 bits per heavy atom. The van der Waals surface area contributed by atoms with Gasteiger partial charge in [-0.15, -0.1) is 5.10 Å². The standard InChI is InChI=1S/C11H10FN3OS/c1-16-10-6-13-15-11(14-10)17-7-8-3-2-4-9(12)5-8/h2-6H,7H2,1H3. The molecule has 0 saturated heterocycles. The molecule has 0 bridgehead atoms. The summed E-state index contributed by atoms with van der Waals surface area (Å²) in [5.41, 5.74) is 0.876. The molecule has 0 atom stereocenters. The summed E-state index contributed by atoms with van der Waals surface area (Å²) in [7, 11) is 1.52. The molecule has 6 heteroatoms. The summed E-state index contributed by atoms with van der Waals surface area (Å²) < 4.78 is 17.9. The molecule has 1 heterocycles. The van der Waals surface area contributed by atoms with Crippen LogP contribution in [-0.2, 0) is 5.75 Å². The van der Waals surface area contributed by atoms with Crippen LogP contribution in [0.5, 0.6) is 5.88 Å². The lowest BCUT2D eigenvalue weighted by atomic mass is 10.2. The SMILES string of the molecule is COc1cnnc(SCc2cccc(F)c2)n1. The lowest BCUT2D eigenvalue weighted by Gasteiger charge is -2.01. The first-order chi connectivity index (χ1) is 8.28. The van der Waals surface area contributed by atoms with E-state index in [0.717, 1.165) is 5.56 Å².